The van der Waals surface area contributed by atoms with E-state index < -0.39 is 5.97 Å². The van der Waals surface area contributed by atoms with Gasteiger partial charge >= 0.3 is 5.97 Å². The topological polar surface area (TPSA) is 47.9 Å². The van der Waals surface area contributed by atoms with Gasteiger partial charge in [-0.3, -0.25) is 0 Å². The maximum absolute atomic E-state index is 12.2. The van der Waals surface area contributed by atoms with E-state index in [-0.39, 0.29) is 5.70 Å². The molecule has 0 saturated carbocycles. The summed E-state index contributed by atoms with van der Waals surface area (Å²) in [6.07, 6.45) is 1.69. The average Bonchev–Trinajstić information content (AvgIpc) is 3.08. The monoisotopic (exact) mass is 515 g/mol. The summed E-state index contributed by atoms with van der Waals surface area (Å²) in [7, 11) is 0. The van der Waals surface area contributed by atoms with E-state index in [1.807, 2.05) is 72.8 Å². The van der Waals surface area contributed by atoms with Gasteiger partial charge in [0, 0.05) is 14.2 Å². The fourth-order valence-corrected chi connectivity index (χ4v) is 3.34. The van der Waals surface area contributed by atoms with Crippen LogP contribution in [0.2, 0.25) is 5.02 Å². The van der Waals surface area contributed by atoms with Crippen molar-refractivity contribution in [2.24, 2.45) is 4.99 Å². The highest BCUT2D eigenvalue weighted by atomic mass is 127. The molecule has 4 nitrogen and oxygen atoms in total. The Bertz CT molecular complexity index is 1120. The number of ether oxygens (including phenoxy) is 2. The maximum atomic E-state index is 12.2. The van der Waals surface area contributed by atoms with Crippen LogP contribution in [-0.2, 0) is 16.1 Å². The molecule has 3 aromatic carbocycles. The molecule has 0 amide bonds. The Morgan fingerprint density at radius 2 is 1.83 bits per heavy atom. The van der Waals surface area contributed by atoms with E-state index in [4.69, 9.17) is 21.1 Å². The summed E-state index contributed by atoms with van der Waals surface area (Å²) >= 11 is 8.22. The third-order valence-corrected chi connectivity index (χ3v) is 5.12. The number of benzene rings is 3. The van der Waals surface area contributed by atoms with Gasteiger partial charge in [0.05, 0.1) is 0 Å². The van der Waals surface area contributed by atoms with E-state index in [0.29, 0.717) is 23.3 Å². The lowest BCUT2D eigenvalue weighted by molar-refractivity contribution is -0.129. The molecule has 4 rings (SSSR count). The van der Waals surface area contributed by atoms with Gasteiger partial charge in [0.2, 0.25) is 5.90 Å². The van der Waals surface area contributed by atoms with Crippen LogP contribution in [0, 0.1) is 3.57 Å². The number of carbonyl (C=O) groups is 1. The molecular formula is C23H15ClINO3. The second kappa shape index (κ2) is 8.80. The van der Waals surface area contributed by atoms with Crippen molar-refractivity contribution < 1.29 is 14.3 Å². The van der Waals surface area contributed by atoms with Gasteiger partial charge < -0.3 is 9.47 Å². The normalized spacial score (nSPS) is 14.6. The lowest BCUT2D eigenvalue weighted by atomic mass is 10.2. The van der Waals surface area contributed by atoms with Crippen molar-refractivity contribution in [1.29, 1.82) is 0 Å². The zero-order valence-corrected chi connectivity index (χ0v) is 18.1. The molecule has 0 spiro atoms. The molecule has 29 heavy (non-hydrogen) atoms. The van der Waals surface area contributed by atoms with Crippen LogP contribution in [0.3, 0.4) is 0 Å². The van der Waals surface area contributed by atoms with Crippen LogP contribution in [0.4, 0.5) is 0 Å². The molecule has 0 saturated heterocycles. The van der Waals surface area contributed by atoms with E-state index in [9.17, 15) is 4.79 Å². The van der Waals surface area contributed by atoms with Crippen LogP contribution in [0.1, 0.15) is 16.7 Å². The fourth-order valence-electron chi connectivity index (χ4n) is 2.77. The van der Waals surface area contributed by atoms with Crippen LogP contribution >= 0.6 is 34.2 Å². The van der Waals surface area contributed by atoms with Gasteiger partial charge in [-0.25, -0.2) is 9.79 Å². The number of halogens is 2. The summed E-state index contributed by atoms with van der Waals surface area (Å²) in [5.74, 6) is 0.530. The van der Waals surface area contributed by atoms with E-state index in [2.05, 4.69) is 27.6 Å². The minimum atomic E-state index is -0.469. The Kier molecular flexibility index (Phi) is 5.97. The van der Waals surface area contributed by atoms with Gasteiger partial charge in [-0.15, -0.1) is 0 Å². The molecule has 0 bridgehead atoms. The molecule has 1 heterocycles. The molecule has 1 aliphatic rings. The molecule has 0 aromatic heterocycles. The Balaban J connectivity index is 1.51. The van der Waals surface area contributed by atoms with E-state index in [1.54, 1.807) is 6.08 Å². The summed E-state index contributed by atoms with van der Waals surface area (Å²) in [4.78, 5) is 16.6. The highest BCUT2D eigenvalue weighted by Crippen LogP contribution is 2.22. The molecule has 0 unspecified atom stereocenters. The quantitative estimate of drug-likeness (QED) is 0.243. The molecule has 3 aromatic rings. The summed E-state index contributed by atoms with van der Waals surface area (Å²) in [5, 5.41) is 0.672. The molecule has 0 radical (unpaired) electrons. The smallest absolute Gasteiger partial charge is 0.363 e. The van der Waals surface area contributed by atoms with Gasteiger partial charge in [-0.2, -0.15) is 0 Å². The van der Waals surface area contributed by atoms with Crippen molar-refractivity contribution in [1.82, 2.24) is 0 Å². The van der Waals surface area contributed by atoms with Gasteiger partial charge in [-0.05, 0) is 88.3 Å². The van der Waals surface area contributed by atoms with Crippen LogP contribution in [0.5, 0.6) is 5.75 Å². The van der Waals surface area contributed by atoms with Crippen molar-refractivity contribution in [2.75, 3.05) is 0 Å². The minimum absolute atomic E-state index is 0.255. The second-order valence-electron chi connectivity index (χ2n) is 6.33. The minimum Gasteiger partial charge on any atom is -0.489 e. The Labute approximate surface area is 187 Å². The first-order chi connectivity index (χ1) is 14.1. The number of hydrogen-bond acceptors (Lipinski definition) is 4. The number of hydrogen-bond donors (Lipinski definition) is 0. The molecule has 0 fully saturated rings. The zero-order chi connectivity index (χ0) is 20.2. The highest BCUT2D eigenvalue weighted by Gasteiger charge is 2.24. The third kappa shape index (κ3) is 5.05. The fraction of sp³-hybridized carbons (Fsp3) is 0.0435. The number of rotatable bonds is 5. The molecular weight excluding hydrogens is 501 g/mol. The Morgan fingerprint density at radius 1 is 1.03 bits per heavy atom. The molecule has 0 N–H and O–H groups in total. The molecule has 6 heteroatoms. The lowest BCUT2D eigenvalue weighted by Gasteiger charge is -2.07. The maximum Gasteiger partial charge on any atom is 0.363 e. The first-order valence-corrected chi connectivity index (χ1v) is 10.3. The van der Waals surface area contributed by atoms with Gasteiger partial charge in [-0.1, -0.05) is 35.9 Å². The number of cyclic esters (lactones) is 1. The van der Waals surface area contributed by atoms with Crippen LogP contribution in [0.25, 0.3) is 6.08 Å². The van der Waals surface area contributed by atoms with Crippen LogP contribution < -0.4 is 4.74 Å². The van der Waals surface area contributed by atoms with Crippen molar-refractivity contribution in [3.05, 3.63) is 104 Å². The highest BCUT2D eigenvalue weighted by molar-refractivity contribution is 14.1. The van der Waals surface area contributed by atoms with Crippen LogP contribution in [0.15, 0.2) is 83.5 Å². The number of carbonyl (C=O) groups excluding carboxylic acids is 1. The van der Waals surface area contributed by atoms with E-state index >= 15 is 0 Å². The first kappa shape index (κ1) is 19.7. The van der Waals surface area contributed by atoms with Crippen molar-refractivity contribution >= 4 is 52.1 Å². The zero-order valence-electron chi connectivity index (χ0n) is 15.1. The van der Waals surface area contributed by atoms with E-state index in [0.717, 1.165) is 20.3 Å². The van der Waals surface area contributed by atoms with Crippen LogP contribution in [-0.4, -0.2) is 11.9 Å². The summed E-state index contributed by atoms with van der Waals surface area (Å²) in [5.41, 5.74) is 2.80. The van der Waals surface area contributed by atoms with E-state index in [1.165, 1.54) is 0 Å². The largest absolute Gasteiger partial charge is 0.489 e. The average molecular weight is 516 g/mol. The number of esters is 1. The summed E-state index contributed by atoms with van der Waals surface area (Å²) in [6.45, 7) is 0.401. The standard InChI is InChI=1S/C23H15ClINO3/c24-18-5-1-4-16(11-18)14-28-20-6-2-3-15(12-20)13-21-23(27)29-22(26-21)17-7-9-19(25)10-8-17/h1-13H,14H2/b21-13-. The predicted molar refractivity (Wildman–Crippen MR) is 122 cm³/mol. The van der Waals surface area contributed by atoms with Crippen molar-refractivity contribution in [3.63, 3.8) is 0 Å². The van der Waals surface area contributed by atoms with Crippen molar-refractivity contribution in [3.8, 4) is 5.75 Å². The van der Waals surface area contributed by atoms with Crippen molar-refractivity contribution in [2.45, 2.75) is 6.61 Å². The molecule has 0 aliphatic carbocycles. The van der Waals surface area contributed by atoms with Gasteiger partial charge in [0.25, 0.3) is 0 Å². The number of nitrogens with zero attached hydrogens (tertiary/aromatic N) is 1. The summed E-state index contributed by atoms with van der Waals surface area (Å²) < 4.78 is 12.3. The summed E-state index contributed by atoms with van der Waals surface area (Å²) in [6, 6.07) is 22.6. The Morgan fingerprint density at radius 3 is 2.62 bits per heavy atom. The Hall–Kier alpha value is -2.64. The van der Waals surface area contributed by atoms with Gasteiger partial charge in [0.1, 0.15) is 12.4 Å². The SMILES string of the molecule is O=C1OC(c2ccc(I)cc2)=N/C1=C\c1cccc(OCc2cccc(Cl)c2)c1. The lowest BCUT2D eigenvalue weighted by Crippen LogP contribution is -2.05. The van der Waals surface area contributed by atoms with Gasteiger partial charge in [0.15, 0.2) is 5.70 Å². The second-order valence-corrected chi connectivity index (χ2v) is 8.02. The molecule has 1 aliphatic heterocycles. The molecule has 0 atom stereocenters. The first-order valence-electron chi connectivity index (χ1n) is 8.83. The number of aliphatic imine (C=N–C) groups is 1. The predicted octanol–water partition coefficient (Wildman–Crippen LogP) is 5.87. The molecule has 144 valence electrons. The third-order valence-electron chi connectivity index (χ3n) is 4.17.